The highest BCUT2D eigenvalue weighted by Crippen LogP contribution is 2.76. The molecule has 7 bridgehead atoms. The first-order chi connectivity index (χ1) is 25.9. The van der Waals surface area contributed by atoms with Gasteiger partial charge in [0, 0.05) is 50.2 Å². The van der Waals surface area contributed by atoms with Crippen LogP contribution in [0.3, 0.4) is 0 Å². The summed E-state index contributed by atoms with van der Waals surface area (Å²) in [5.41, 5.74) is 19.5. The molecule has 7 unspecified atom stereocenters. The summed E-state index contributed by atoms with van der Waals surface area (Å²) >= 11 is 0. The fourth-order valence-corrected chi connectivity index (χ4v) is 16.1. The van der Waals surface area contributed by atoms with Crippen molar-refractivity contribution in [1.82, 2.24) is 14.4 Å². The Bertz CT molecular complexity index is 2840. The zero-order valence-electron chi connectivity index (χ0n) is 30.9. The normalized spacial score (nSPS) is 34.5. The Morgan fingerprint density at radius 1 is 0.604 bits per heavy atom. The first kappa shape index (κ1) is 28.2. The molecule has 3 nitrogen and oxygen atoms in total. The van der Waals surface area contributed by atoms with E-state index in [1.165, 1.54) is 147 Å². The number of benzene rings is 3. The van der Waals surface area contributed by atoms with E-state index in [9.17, 15) is 0 Å². The third-order valence-electron chi connectivity index (χ3n) is 17.8. The molecule has 1 spiro atoms. The molecule has 7 atom stereocenters. The zero-order valence-corrected chi connectivity index (χ0v) is 30.9. The molecule has 7 aromatic rings. The Balaban J connectivity index is 1.10. The van der Waals surface area contributed by atoms with Crippen molar-refractivity contribution in [3.63, 3.8) is 0 Å². The molecule has 0 saturated heterocycles. The maximum atomic E-state index is 5.55. The Morgan fingerprint density at radius 2 is 1.23 bits per heavy atom. The van der Waals surface area contributed by atoms with Gasteiger partial charge in [0.2, 0.25) is 0 Å². The van der Waals surface area contributed by atoms with E-state index in [2.05, 4.69) is 85.2 Å². The second-order valence-corrected chi connectivity index (χ2v) is 20.2. The van der Waals surface area contributed by atoms with Crippen LogP contribution in [0.15, 0.2) is 67.0 Å². The lowest BCUT2D eigenvalue weighted by atomic mass is 9.56. The lowest BCUT2D eigenvalue weighted by Crippen LogP contribution is -2.41. The molecule has 0 amide bonds. The van der Waals surface area contributed by atoms with E-state index in [0.717, 1.165) is 23.7 Å². The van der Waals surface area contributed by atoms with E-state index >= 15 is 0 Å². The molecule has 260 valence electrons. The Hall–Kier alpha value is -4.24. The van der Waals surface area contributed by atoms with Crippen LogP contribution < -0.4 is 0 Å². The molecular weight excluding hydrogens is 643 g/mol. The highest BCUT2D eigenvalue weighted by Gasteiger charge is 2.66. The van der Waals surface area contributed by atoms with Crippen LogP contribution in [-0.2, 0) is 5.41 Å². The van der Waals surface area contributed by atoms with Crippen molar-refractivity contribution >= 4 is 38.1 Å². The molecular formula is C50H45N3. The van der Waals surface area contributed by atoms with Crippen LogP contribution in [0.4, 0.5) is 0 Å². The fraction of sp³-hybridized carbons (Fsp3) is 0.440. The minimum Gasteiger partial charge on any atom is -0.305 e. The molecule has 0 radical (unpaired) electrons. The summed E-state index contributed by atoms with van der Waals surface area (Å²) in [7, 11) is 0. The highest BCUT2D eigenvalue weighted by atomic mass is 15.0. The van der Waals surface area contributed by atoms with Crippen LogP contribution in [-0.4, -0.2) is 14.4 Å². The first-order valence-corrected chi connectivity index (χ1v) is 21.2. The van der Waals surface area contributed by atoms with Crippen LogP contribution in [0.25, 0.3) is 60.3 Å². The molecule has 3 aromatic carbocycles. The summed E-state index contributed by atoms with van der Waals surface area (Å²) in [6.45, 7) is 4.85. The maximum absolute atomic E-state index is 5.55. The lowest BCUT2D eigenvalue weighted by molar-refractivity contribution is 0.00321. The van der Waals surface area contributed by atoms with Crippen LogP contribution >= 0.6 is 0 Å². The van der Waals surface area contributed by atoms with Crippen molar-refractivity contribution < 1.29 is 0 Å². The monoisotopic (exact) mass is 687 g/mol. The van der Waals surface area contributed by atoms with Gasteiger partial charge in [-0.3, -0.25) is 9.97 Å². The fourth-order valence-electron chi connectivity index (χ4n) is 16.1. The number of nitrogens with zero attached hydrogens (tertiary/aromatic N) is 3. The van der Waals surface area contributed by atoms with Crippen molar-refractivity contribution in [2.45, 2.75) is 107 Å². The molecule has 5 fully saturated rings. The van der Waals surface area contributed by atoms with Gasteiger partial charge >= 0.3 is 0 Å². The van der Waals surface area contributed by atoms with Gasteiger partial charge in [-0.1, -0.05) is 56.3 Å². The average molecular weight is 688 g/mol. The molecule has 9 aliphatic carbocycles. The summed E-state index contributed by atoms with van der Waals surface area (Å²) < 4.78 is 2.66. The van der Waals surface area contributed by atoms with Crippen molar-refractivity contribution in [3.05, 3.63) is 101 Å². The van der Waals surface area contributed by atoms with Gasteiger partial charge in [-0.25, -0.2) is 0 Å². The van der Waals surface area contributed by atoms with E-state index in [4.69, 9.17) is 9.97 Å². The molecule has 16 rings (SSSR count). The molecule has 5 saturated carbocycles. The SMILES string of the molecule is CC1(C)c2ccccc2-c2c(-c3cc4c5c6c(ncc5n5c7cnc8c(c7c(c3)c45)C3CC4CC5CC8CC54C3)C3CC4CC(C3)CC6C4)cccc21. The second-order valence-electron chi connectivity index (χ2n) is 20.2. The van der Waals surface area contributed by atoms with Gasteiger partial charge in [0.15, 0.2) is 0 Å². The standard InChI is InChI=1S/C50H45N3/c1-49(2)37-8-4-3-6-34(37)43-33(7-5-9-38(43)49)26-17-35-44-39(22-51-46-28-13-24-10-25(14-28)12-27(11-24)41(44)46)53-40-23-52-47-30-16-32-19-31-15-29(20-50(31,32)21-30)42(47)45(40)36(18-26)48(35)53/h3-9,17-18,22-25,27-32H,10-16,19-21H2,1-2H3. The lowest BCUT2D eigenvalue weighted by Gasteiger charge is -2.48. The Kier molecular flexibility index (Phi) is 4.70. The van der Waals surface area contributed by atoms with Gasteiger partial charge in [-0.15, -0.1) is 0 Å². The first-order valence-electron chi connectivity index (χ1n) is 21.2. The Labute approximate surface area is 310 Å². The number of rotatable bonds is 1. The average Bonchev–Trinajstić information content (AvgIpc) is 3.87. The molecule has 53 heavy (non-hydrogen) atoms. The van der Waals surface area contributed by atoms with Crippen molar-refractivity contribution in [2.75, 3.05) is 0 Å². The van der Waals surface area contributed by atoms with Gasteiger partial charge in [0.25, 0.3) is 0 Å². The summed E-state index contributed by atoms with van der Waals surface area (Å²) in [5.74, 6) is 6.21. The van der Waals surface area contributed by atoms with Crippen LogP contribution in [0.1, 0.15) is 135 Å². The third kappa shape index (κ3) is 3.06. The molecule has 9 aliphatic rings. The molecule has 0 N–H and O–H groups in total. The highest BCUT2D eigenvalue weighted by molar-refractivity contribution is 6.26. The van der Waals surface area contributed by atoms with Crippen molar-refractivity contribution in [3.8, 4) is 22.3 Å². The zero-order chi connectivity index (χ0) is 34.3. The predicted molar refractivity (Wildman–Crippen MR) is 213 cm³/mol. The van der Waals surface area contributed by atoms with E-state index in [-0.39, 0.29) is 5.41 Å². The number of pyridine rings is 2. The van der Waals surface area contributed by atoms with E-state index in [0.29, 0.717) is 29.1 Å². The van der Waals surface area contributed by atoms with Gasteiger partial charge in [0.05, 0.1) is 28.9 Å². The second kappa shape index (κ2) is 8.83. The molecule has 4 aromatic heterocycles. The minimum absolute atomic E-state index is 0.0197. The van der Waals surface area contributed by atoms with Gasteiger partial charge in [-0.2, -0.15) is 0 Å². The van der Waals surface area contributed by atoms with E-state index in [1.54, 1.807) is 11.1 Å². The predicted octanol–water partition coefficient (Wildman–Crippen LogP) is 12.4. The third-order valence-corrected chi connectivity index (χ3v) is 17.8. The van der Waals surface area contributed by atoms with Gasteiger partial charge in [-0.05, 0) is 162 Å². The number of aromatic nitrogens is 3. The summed E-state index contributed by atoms with van der Waals surface area (Å²) in [4.78, 5) is 11.1. The minimum atomic E-state index is -0.0197. The van der Waals surface area contributed by atoms with Crippen LogP contribution in [0.5, 0.6) is 0 Å². The van der Waals surface area contributed by atoms with E-state index in [1.807, 2.05) is 0 Å². The quantitative estimate of drug-likeness (QED) is 0.172. The summed E-state index contributed by atoms with van der Waals surface area (Å²) in [6, 6.07) is 21.7. The number of hydrogen-bond donors (Lipinski definition) is 0. The number of hydrogen-bond acceptors (Lipinski definition) is 2. The van der Waals surface area contributed by atoms with Crippen LogP contribution in [0, 0.1) is 29.1 Å². The summed E-state index contributed by atoms with van der Waals surface area (Å²) in [6.07, 6.45) is 18.5. The Morgan fingerprint density at radius 3 is 2.00 bits per heavy atom. The van der Waals surface area contributed by atoms with E-state index < -0.39 is 0 Å². The maximum Gasteiger partial charge on any atom is 0.0728 e. The largest absolute Gasteiger partial charge is 0.305 e. The number of fused-ring (bicyclic) bond motifs is 15. The van der Waals surface area contributed by atoms with Crippen molar-refractivity contribution in [2.24, 2.45) is 29.1 Å². The van der Waals surface area contributed by atoms with Gasteiger partial charge in [0.1, 0.15) is 0 Å². The van der Waals surface area contributed by atoms with Gasteiger partial charge < -0.3 is 4.40 Å². The molecule has 4 heterocycles. The summed E-state index contributed by atoms with van der Waals surface area (Å²) in [5, 5.41) is 6.01. The van der Waals surface area contributed by atoms with Crippen molar-refractivity contribution in [1.29, 1.82) is 0 Å². The smallest absolute Gasteiger partial charge is 0.0728 e. The molecule has 0 aliphatic heterocycles. The topological polar surface area (TPSA) is 30.2 Å². The molecule has 3 heteroatoms. The van der Waals surface area contributed by atoms with Crippen LogP contribution in [0.2, 0.25) is 0 Å².